The number of piperidine rings is 1. The van der Waals surface area contributed by atoms with Crippen LogP contribution in [0.25, 0.3) is 11.0 Å². The highest BCUT2D eigenvalue weighted by Gasteiger charge is 2.34. The Morgan fingerprint density at radius 2 is 1.94 bits per heavy atom. The summed E-state index contributed by atoms with van der Waals surface area (Å²) in [5.41, 5.74) is 0.643. The maximum Gasteiger partial charge on any atom is 0.410 e. The summed E-state index contributed by atoms with van der Waals surface area (Å²) in [7, 11) is -1.17. The fraction of sp³-hybridized carbons (Fsp3) is 0.654. The lowest BCUT2D eigenvalue weighted by Gasteiger charge is -2.39. The summed E-state index contributed by atoms with van der Waals surface area (Å²) in [5.74, 6) is 0.656. The van der Waals surface area contributed by atoms with E-state index in [0.29, 0.717) is 50.0 Å². The Balaban J connectivity index is 1.65. The number of amides is 1. The van der Waals surface area contributed by atoms with E-state index in [0.717, 1.165) is 24.3 Å². The van der Waals surface area contributed by atoms with Crippen LogP contribution in [-0.4, -0.2) is 60.5 Å². The molecule has 0 atom stereocenters. The standard InChI is InChI=1S/C26H40N4O4Si/c1-25(2,3)34-24(31)29-12-9-26(4,10-13-29)18-33-21-8-11-28-23-22(21)20(16-27)17-30(23)19-32-14-15-35(5,6)7/h8,11,17H,9-10,12-15,18-19H2,1-7H3/q-1. The van der Waals surface area contributed by atoms with Gasteiger partial charge in [0.05, 0.1) is 17.6 Å². The van der Waals surface area contributed by atoms with Gasteiger partial charge in [-0.3, -0.25) is 0 Å². The zero-order valence-corrected chi connectivity index (χ0v) is 23.3. The minimum absolute atomic E-state index is 0.0799. The van der Waals surface area contributed by atoms with E-state index in [2.05, 4.69) is 37.6 Å². The van der Waals surface area contributed by atoms with E-state index in [-0.39, 0.29) is 11.5 Å². The van der Waals surface area contributed by atoms with Crippen LogP contribution in [0, 0.1) is 16.7 Å². The minimum Gasteiger partial charge on any atom is -0.492 e. The van der Waals surface area contributed by atoms with Crippen LogP contribution in [0.4, 0.5) is 4.79 Å². The minimum atomic E-state index is -1.17. The molecule has 1 aliphatic rings. The van der Waals surface area contributed by atoms with Crippen LogP contribution in [0.1, 0.15) is 46.1 Å². The van der Waals surface area contributed by atoms with Gasteiger partial charge in [-0.2, -0.15) is 24.9 Å². The SMILES string of the molecule is CC1(COc2ccnc3c2c(C#N)cn3COCC[Si-](C)(C)C)CCN(C(=O)OC(C)(C)C)CC1. The number of pyridine rings is 1. The van der Waals surface area contributed by atoms with Crippen LogP contribution in [0.5, 0.6) is 5.75 Å². The molecule has 1 amide bonds. The summed E-state index contributed by atoms with van der Waals surface area (Å²) < 4.78 is 19.6. The van der Waals surface area contributed by atoms with Crippen molar-refractivity contribution in [2.75, 3.05) is 26.3 Å². The molecule has 0 N–H and O–H groups in total. The van der Waals surface area contributed by atoms with Crippen molar-refractivity contribution >= 4 is 25.2 Å². The molecule has 0 unspecified atom stereocenters. The van der Waals surface area contributed by atoms with Crippen molar-refractivity contribution in [2.24, 2.45) is 5.41 Å². The summed E-state index contributed by atoms with van der Waals surface area (Å²) in [5, 5.41) is 10.5. The number of nitriles is 1. The topological polar surface area (TPSA) is 89.6 Å². The molecule has 0 aliphatic carbocycles. The van der Waals surface area contributed by atoms with Gasteiger partial charge in [0, 0.05) is 37.5 Å². The van der Waals surface area contributed by atoms with Crippen molar-refractivity contribution in [1.29, 1.82) is 5.26 Å². The number of likely N-dealkylation sites (tertiary alicyclic amines) is 1. The van der Waals surface area contributed by atoms with Gasteiger partial charge in [0.1, 0.15) is 29.8 Å². The van der Waals surface area contributed by atoms with Gasteiger partial charge >= 0.3 is 6.09 Å². The molecule has 3 rings (SSSR count). The van der Waals surface area contributed by atoms with E-state index in [4.69, 9.17) is 14.2 Å². The number of rotatable bonds is 8. The van der Waals surface area contributed by atoms with Gasteiger partial charge in [0.25, 0.3) is 0 Å². The number of hydrogen-bond donors (Lipinski definition) is 0. The predicted octanol–water partition coefficient (Wildman–Crippen LogP) is 5.64. The van der Waals surface area contributed by atoms with Crippen molar-refractivity contribution in [3.8, 4) is 11.8 Å². The van der Waals surface area contributed by atoms with Gasteiger partial charge in [0.15, 0.2) is 0 Å². The number of nitrogens with zero attached hydrogens (tertiary/aromatic N) is 4. The van der Waals surface area contributed by atoms with Crippen LogP contribution in [0.2, 0.25) is 25.7 Å². The lowest BCUT2D eigenvalue weighted by molar-refractivity contribution is 0.00602. The van der Waals surface area contributed by atoms with Gasteiger partial charge in [-0.15, -0.1) is 14.1 Å². The molecule has 1 fully saturated rings. The molecule has 8 nitrogen and oxygen atoms in total. The normalized spacial score (nSPS) is 16.2. The van der Waals surface area contributed by atoms with Crippen LogP contribution >= 0.6 is 0 Å². The summed E-state index contributed by atoms with van der Waals surface area (Å²) >= 11 is 0. The highest BCUT2D eigenvalue weighted by Crippen LogP contribution is 2.35. The van der Waals surface area contributed by atoms with Crippen LogP contribution in [0.3, 0.4) is 0 Å². The zero-order chi connectivity index (χ0) is 25.9. The van der Waals surface area contributed by atoms with Crippen molar-refractivity contribution in [1.82, 2.24) is 14.5 Å². The Hall–Kier alpha value is -2.57. The number of ether oxygens (including phenoxy) is 3. The average molecular weight is 501 g/mol. The molecule has 193 valence electrons. The second kappa shape index (κ2) is 10.6. The van der Waals surface area contributed by atoms with Crippen LogP contribution in [0.15, 0.2) is 18.5 Å². The Morgan fingerprint density at radius 1 is 1.26 bits per heavy atom. The second-order valence-electron chi connectivity index (χ2n) is 12.0. The lowest BCUT2D eigenvalue weighted by atomic mass is 9.81. The molecule has 9 heteroatoms. The average Bonchev–Trinajstić information content (AvgIpc) is 3.12. The summed E-state index contributed by atoms with van der Waals surface area (Å²) in [4.78, 5) is 18.7. The fourth-order valence-corrected chi connectivity index (χ4v) is 4.74. The zero-order valence-electron chi connectivity index (χ0n) is 22.3. The van der Waals surface area contributed by atoms with E-state index in [1.807, 2.05) is 31.4 Å². The molecule has 35 heavy (non-hydrogen) atoms. The summed E-state index contributed by atoms with van der Waals surface area (Å²) in [6.45, 7) is 17.6. The number of aromatic nitrogens is 2. The van der Waals surface area contributed by atoms with E-state index in [1.165, 1.54) is 0 Å². The molecule has 0 radical (unpaired) electrons. The lowest BCUT2D eigenvalue weighted by Crippen LogP contribution is -2.46. The molecule has 2 aromatic heterocycles. The van der Waals surface area contributed by atoms with Crippen LogP contribution in [-0.2, 0) is 16.2 Å². The van der Waals surface area contributed by atoms with E-state index in [1.54, 1.807) is 17.3 Å². The van der Waals surface area contributed by atoms with Gasteiger partial charge in [-0.05, 0) is 39.7 Å². The first-order chi connectivity index (χ1) is 16.3. The summed E-state index contributed by atoms with van der Waals surface area (Å²) in [6.07, 6.45) is 4.88. The highest BCUT2D eigenvalue weighted by atomic mass is 28.3. The molecule has 1 aliphatic heterocycles. The van der Waals surface area contributed by atoms with Gasteiger partial charge in [0.2, 0.25) is 0 Å². The number of carbonyl (C=O) groups excluding carboxylic acids is 1. The Labute approximate surface area is 210 Å². The number of carbonyl (C=O) groups is 1. The maximum absolute atomic E-state index is 12.4. The molecule has 0 saturated carbocycles. The summed E-state index contributed by atoms with van der Waals surface area (Å²) in [6, 6.07) is 5.19. The smallest absolute Gasteiger partial charge is 0.410 e. The quantitative estimate of drug-likeness (QED) is 0.344. The molecular formula is C26H40N4O4Si-. The number of hydrogen-bond acceptors (Lipinski definition) is 6. The highest BCUT2D eigenvalue weighted by molar-refractivity contribution is 6.76. The molecule has 0 bridgehead atoms. The molecule has 3 heterocycles. The Kier molecular flexibility index (Phi) is 8.17. The molecule has 0 aromatic carbocycles. The number of fused-ring (bicyclic) bond motifs is 1. The van der Waals surface area contributed by atoms with Crippen molar-refractivity contribution in [3.05, 3.63) is 24.0 Å². The first-order valence-electron chi connectivity index (χ1n) is 12.4. The monoisotopic (exact) mass is 500 g/mol. The third-order valence-corrected chi connectivity index (χ3v) is 7.97. The molecule has 1 saturated heterocycles. The third-order valence-electron chi connectivity index (χ3n) is 6.26. The fourth-order valence-electron chi connectivity index (χ4n) is 3.98. The largest absolute Gasteiger partial charge is 0.492 e. The van der Waals surface area contributed by atoms with E-state index in [9.17, 15) is 10.1 Å². The van der Waals surface area contributed by atoms with E-state index < -0.39 is 13.7 Å². The Bertz CT molecular complexity index is 1070. The third kappa shape index (κ3) is 7.45. The Morgan fingerprint density at radius 3 is 2.54 bits per heavy atom. The van der Waals surface area contributed by atoms with Gasteiger partial charge < -0.3 is 23.7 Å². The van der Waals surface area contributed by atoms with Crippen molar-refractivity contribution in [3.63, 3.8) is 0 Å². The van der Waals surface area contributed by atoms with Crippen molar-refractivity contribution in [2.45, 2.75) is 78.6 Å². The second-order valence-corrected chi connectivity index (χ2v) is 17.7. The van der Waals surface area contributed by atoms with Crippen LogP contribution < -0.4 is 4.74 Å². The van der Waals surface area contributed by atoms with E-state index >= 15 is 0 Å². The maximum atomic E-state index is 12.4. The predicted molar refractivity (Wildman–Crippen MR) is 139 cm³/mol. The van der Waals surface area contributed by atoms with Gasteiger partial charge in [-0.25, -0.2) is 9.78 Å². The van der Waals surface area contributed by atoms with Crippen molar-refractivity contribution < 1.29 is 19.0 Å². The van der Waals surface area contributed by atoms with Gasteiger partial charge in [-0.1, -0.05) is 6.92 Å². The first-order valence-corrected chi connectivity index (χ1v) is 16.1. The molecular weight excluding hydrogens is 460 g/mol. The molecule has 0 spiro atoms. The first kappa shape index (κ1) is 27.0. The molecule has 2 aromatic rings.